The highest BCUT2D eigenvalue weighted by Gasteiger charge is 2.30. The number of anilines is 1. The van der Waals surface area contributed by atoms with Gasteiger partial charge in [-0.25, -0.2) is 9.78 Å². The van der Waals surface area contributed by atoms with Crippen LogP contribution in [-0.4, -0.2) is 31.7 Å². The number of nitrogens with one attached hydrogen (secondary N) is 1. The first-order chi connectivity index (χ1) is 12.3. The first-order valence-electron chi connectivity index (χ1n) is 7.86. The van der Waals surface area contributed by atoms with E-state index in [-0.39, 0.29) is 12.3 Å². The SMILES string of the molecule is Cc1oc(-c2ccco2)nc1CC(=O)Nc1cnn(C(C)(C)C(=O)O)c1. The van der Waals surface area contributed by atoms with Gasteiger partial charge in [-0.05, 0) is 32.9 Å². The summed E-state index contributed by atoms with van der Waals surface area (Å²) in [5.41, 5.74) is -0.326. The van der Waals surface area contributed by atoms with Crippen molar-refractivity contribution >= 4 is 17.6 Å². The van der Waals surface area contributed by atoms with E-state index in [9.17, 15) is 14.7 Å². The number of rotatable bonds is 6. The molecule has 0 bridgehead atoms. The first-order valence-corrected chi connectivity index (χ1v) is 7.86. The van der Waals surface area contributed by atoms with Crippen molar-refractivity contribution in [1.82, 2.24) is 14.8 Å². The summed E-state index contributed by atoms with van der Waals surface area (Å²) in [6.45, 7) is 4.75. The van der Waals surface area contributed by atoms with Gasteiger partial charge in [0.15, 0.2) is 11.3 Å². The largest absolute Gasteiger partial charge is 0.479 e. The molecule has 0 saturated heterocycles. The Labute approximate surface area is 148 Å². The standard InChI is InChI=1S/C17H18N4O5/c1-10-12(20-15(26-10)13-5-4-6-25-13)7-14(22)19-11-8-18-21(9-11)17(2,3)16(23)24/h4-6,8-9H,7H2,1-3H3,(H,19,22)(H,23,24). The van der Waals surface area contributed by atoms with Gasteiger partial charge in [-0.2, -0.15) is 5.10 Å². The smallest absolute Gasteiger partial charge is 0.331 e. The van der Waals surface area contributed by atoms with Gasteiger partial charge in [-0.3, -0.25) is 9.48 Å². The molecule has 0 unspecified atom stereocenters. The van der Waals surface area contributed by atoms with Crippen LogP contribution in [0.2, 0.25) is 0 Å². The Kier molecular flexibility index (Phi) is 4.37. The second-order valence-corrected chi connectivity index (χ2v) is 6.26. The highest BCUT2D eigenvalue weighted by Crippen LogP contribution is 2.23. The van der Waals surface area contributed by atoms with Crippen molar-refractivity contribution in [3.05, 3.63) is 42.2 Å². The van der Waals surface area contributed by atoms with Crippen molar-refractivity contribution in [2.75, 3.05) is 5.32 Å². The lowest BCUT2D eigenvalue weighted by Gasteiger charge is -2.19. The fourth-order valence-corrected chi connectivity index (χ4v) is 2.25. The van der Waals surface area contributed by atoms with E-state index in [0.717, 1.165) is 0 Å². The quantitative estimate of drug-likeness (QED) is 0.693. The highest BCUT2D eigenvalue weighted by molar-refractivity contribution is 5.92. The molecule has 3 heterocycles. The number of carboxylic acids is 1. The second-order valence-electron chi connectivity index (χ2n) is 6.26. The summed E-state index contributed by atoms with van der Waals surface area (Å²) in [4.78, 5) is 27.8. The van der Waals surface area contributed by atoms with Crippen molar-refractivity contribution in [2.24, 2.45) is 0 Å². The van der Waals surface area contributed by atoms with Gasteiger partial charge in [-0.15, -0.1) is 0 Å². The van der Waals surface area contributed by atoms with Gasteiger partial charge in [0.1, 0.15) is 5.76 Å². The molecule has 136 valence electrons. The number of carbonyl (C=O) groups excluding carboxylic acids is 1. The molecular weight excluding hydrogens is 340 g/mol. The molecule has 2 N–H and O–H groups in total. The molecule has 0 aliphatic heterocycles. The predicted octanol–water partition coefficient (Wildman–Crippen LogP) is 2.44. The number of hydrogen-bond donors (Lipinski definition) is 2. The van der Waals surface area contributed by atoms with E-state index in [1.54, 1.807) is 19.1 Å². The number of hydrogen-bond acceptors (Lipinski definition) is 6. The van der Waals surface area contributed by atoms with Crippen molar-refractivity contribution in [3.63, 3.8) is 0 Å². The molecule has 3 aromatic rings. The van der Waals surface area contributed by atoms with E-state index in [4.69, 9.17) is 8.83 Å². The maximum absolute atomic E-state index is 12.3. The summed E-state index contributed by atoms with van der Waals surface area (Å²) in [5.74, 6) is -0.0280. The molecule has 3 rings (SSSR count). The number of furan rings is 1. The zero-order valence-corrected chi connectivity index (χ0v) is 14.5. The number of oxazole rings is 1. The molecule has 0 atom stereocenters. The van der Waals surface area contributed by atoms with E-state index >= 15 is 0 Å². The van der Waals surface area contributed by atoms with E-state index in [0.29, 0.717) is 28.8 Å². The van der Waals surface area contributed by atoms with Crippen molar-refractivity contribution in [3.8, 4) is 11.7 Å². The Bertz CT molecular complexity index is 936. The minimum Gasteiger partial charge on any atom is -0.479 e. The van der Waals surface area contributed by atoms with Crippen LogP contribution in [0.4, 0.5) is 5.69 Å². The van der Waals surface area contributed by atoms with E-state index in [1.807, 2.05) is 0 Å². The van der Waals surface area contributed by atoms with Crippen molar-refractivity contribution < 1.29 is 23.5 Å². The third-order valence-electron chi connectivity index (χ3n) is 3.92. The lowest BCUT2D eigenvalue weighted by Crippen LogP contribution is -2.35. The topological polar surface area (TPSA) is 123 Å². The fraction of sp³-hybridized carbons (Fsp3) is 0.294. The van der Waals surface area contributed by atoms with Crippen LogP contribution in [-0.2, 0) is 21.5 Å². The number of carboxylic acid groups (broad SMARTS) is 1. The van der Waals surface area contributed by atoms with Gasteiger partial charge < -0.3 is 19.3 Å². The fourth-order valence-electron chi connectivity index (χ4n) is 2.25. The van der Waals surface area contributed by atoms with Gasteiger partial charge in [0.25, 0.3) is 5.89 Å². The van der Waals surface area contributed by atoms with Crippen LogP contribution in [0.5, 0.6) is 0 Å². The van der Waals surface area contributed by atoms with E-state index in [1.165, 1.54) is 37.2 Å². The molecule has 0 saturated carbocycles. The summed E-state index contributed by atoms with van der Waals surface area (Å²) in [6.07, 6.45) is 4.38. The monoisotopic (exact) mass is 358 g/mol. The molecule has 0 fully saturated rings. The van der Waals surface area contributed by atoms with Crippen LogP contribution in [0.3, 0.4) is 0 Å². The minimum atomic E-state index is -1.22. The van der Waals surface area contributed by atoms with Crippen LogP contribution in [0.15, 0.2) is 39.6 Å². The number of aliphatic carboxylic acids is 1. The summed E-state index contributed by atoms with van der Waals surface area (Å²) < 4.78 is 12.0. The highest BCUT2D eigenvalue weighted by atomic mass is 16.4. The Morgan fingerprint density at radius 2 is 2.15 bits per heavy atom. The molecule has 0 aliphatic rings. The second kappa shape index (κ2) is 6.51. The molecule has 26 heavy (non-hydrogen) atoms. The number of carbonyl (C=O) groups is 2. The van der Waals surface area contributed by atoms with Crippen LogP contribution < -0.4 is 5.32 Å². The van der Waals surface area contributed by atoms with Crippen molar-refractivity contribution in [2.45, 2.75) is 32.7 Å². The van der Waals surface area contributed by atoms with E-state index in [2.05, 4.69) is 15.4 Å². The minimum absolute atomic E-state index is 0.00352. The zero-order chi connectivity index (χ0) is 18.9. The lowest BCUT2D eigenvalue weighted by atomic mass is 10.1. The van der Waals surface area contributed by atoms with Crippen LogP contribution in [0.1, 0.15) is 25.3 Å². The Balaban J connectivity index is 1.69. The predicted molar refractivity (Wildman–Crippen MR) is 90.5 cm³/mol. The third kappa shape index (κ3) is 3.37. The van der Waals surface area contributed by atoms with Gasteiger partial charge in [0.05, 0.1) is 30.3 Å². The maximum atomic E-state index is 12.3. The molecule has 0 spiro atoms. The van der Waals surface area contributed by atoms with Crippen LogP contribution >= 0.6 is 0 Å². The number of amides is 1. The Morgan fingerprint density at radius 3 is 2.81 bits per heavy atom. The van der Waals surface area contributed by atoms with Gasteiger partial charge >= 0.3 is 5.97 Å². The molecule has 9 heteroatoms. The molecule has 9 nitrogen and oxygen atoms in total. The van der Waals surface area contributed by atoms with Crippen LogP contribution in [0, 0.1) is 6.92 Å². The van der Waals surface area contributed by atoms with E-state index < -0.39 is 11.5 Å². The number of aromatic nitrogens is 3. The van der Waals surface area contributed by atoms with Gasteiger partial charge in [-0.1, -0.05) is 0 Å². The number of aryl methyl sites for hydroxylation is 1. The number of nitrogens with zero attached hydrogens (tertiary/aromatic N) is 3. The average molecular weight is 358 g/mol. The summed E-state index contributed by atoms with van der Waals surface area (Å²) in [6, 6.07) is 3.44. The Morgan fingerprint density at radius 1 is 1.38 bits per heavy atom. The lowest BCUT2D eigenvalue weighted by molar-refractivity contribution is -0.146. The van der Waals surface area contributed by atoms with Gasteiger partial charge in [0.2, 0.25) is 5.91 Å². The zero-order valence-electron chi connectivity index (χ0n) is 14.5. The normalized spacial score (nSPS) is 11.5. The summed E-state index contributed by atoms with van der Waals surface area (Å²) in [5, 5.41) is 15.9. The molecule has 0 radical (unpaired) electrons. The first kappa shape index (κ1) is 17.5. The van der Waals surface area contributed by atoms with Crippen LogP contribution in [0.25, 0.3) is 11.7 Å². The Hall–Kier alpha value is -3.36. The molecular formula is C17H18N4O5. The third-order valence-corrected chi connectivity index (χ3v) is 3.92. The molecule has 1 amide bonds. The molecule has 0 aromatic carbocycles. The summed E-state index contributed by atoms with van der Waals surface area (Å²) >= 11 is 0. The van der Waals surface area contributed by atoms with Crippen molar-refractivity contribution in [1.29, 1.82) is 0 Å². The van der Waals surface area contributed by atoms with Gasteiger partial charge in [0, 0.05) is 6.20 Å². The maximum Gasteiger partial charge on any atom is 0.331 e. The molecule has 3 aromatic heterocycles. The molecule has 0 aliphatic carbocycles. The average Bonchev–Trinajstić information content (AvgIpc) is 3.29. The summed E-state index contributed by atoms with van der Waals surface area (Å²) in [7, 11) is 0.